The second kappa shape index (κ2) is 6.95. The average Bonchev–Trinajstić information content (AvgIpc) is 3.27. The smallest absolute Gasteiger partial charge is 0.256 e. The van der Waals surface area contributed by atoms with E-state index in [0.717, 1.165) is 36.3 Å². The van der Waals surface area contributed by atoms with Crippen molar-refractivity contribution in [3.05, 3.63) is 71.3 Å². The first kappa shape index (κ1) is 17.4. The van der Waals surface area contributed by atoms with Crippen LogP contribution in [0.3, 0.4) is 0 Å². The van der Waals surface area contributed by atoms with Gasteiger partial charge in [0.05, 0.1) is 29.5 Å². The zero-order chi connectivity index (χ0) is 19.0. The predicted octanol–water partition coefficient (Wildman–Crippen LogP) is 2.87. The number of carbonyl (C=O) groups is 2. The van der Waals surface area contributed by atoms with E-state index < -0.39 is 0 Å². The van der Waals surface area contributed by atoms with Crippen molar-refractivity contribution in [1.82, 2.24) is 19.8 Å². The molecule has 0 N–H and O–H groups in total. The van der Waals surface area contributed by atoms with Gasteiger partial charge in [0.25, 0.3) is 5.91 Å². The van der Waals surface area contributed by atoms with Gasteiger partial charge in [-0.3, -0.25) is 19.6 Å². The Balaban J connectivity index is 1.56. The van der Waals surface area contributed by atoms with E-state index in [-0.39, 0.29) is 17.9 Å². The minimum absolute atomic E-state index is 0.00538. The Morgan fingerprint density at radius 1 is 1.33 bits per heavy atom. The van der Waals surface area contributed by atoms with Gasteiger partial charge in [0.1, 0.15) is 0 Å². The molecule has 138 valence electrons. The molecule has 1 atom stereocenters. The number of hydrogen-bond acceptors (Lipinski definition) is 4. The van der Waals surface area contributed by atoms with Crippen molar-refractivity contribution >= 4 is 11.8 Å². The molecule has 0 aliphatic carbocycles. The van der Waals surface area contributed by atoms with Crippen LogP contribution >= 0.6 is 0 Å². The number of amides is 2. The van der Waals surface area contributed by atoms with E-state index in [9.17, 15) is 9.59 Å². The van der Waals surface area contributed by atoms with E-state index in [1.54, 1.807) is 24.2 Å². The minimum atomic E-state index is -0.0398. The number of aromatic nitrogens is 2. The van der Waals surface area contributed by atoms with E-state index in [1.165, 1.54) is 0 Å². The summed E-state index contributed by atoms with van der Waals surface area (Å²) in [6, 6.07) is 7.53. The van der Waals surface area contributed by atoms with Crippen molar-refractivity contribution in [2.45, 2.75) is 38.9 Å². The Kier molecular flexibility index (Phi) is 4.48. The third kappa shape index (κ3) is 3.23. The summed E-state index contributed by atoms with van der Waals surface area (Å²) in [5.74, 6) is -0.0247. The fourth-order valence-electron chi connectivity index (χ4n) is 3.84. The minimum Gasteiger partial charge on any atom is -0.330 e. The van der Waals surface area contributed by atoms with Crippen molar-refractivity contribution < 1.29 is 9.59 Å². The topological polar surface area (TPSA) is 66.4 Å². The molecule has 6 heteroatoms. The molecule has 0 spiro atoms. The summed E-state index contributed by atoms with van der Waals surface area (Å²) >= 11 is 0. The molecule has 1 unspecified atom stereocenters. The zero-order valence-electron chi connectivity index (χ0n) is 15.4. The number of carbonyl (C=O) groups excluding carboxylic acids is 2. The molecular weight excluding hydrogens is 340 g/mol. The van der Waals surface area contributed by atoms with Crippen molar-refractivity contribution in [3.8, 4) is 0 Å². The van der Waals surface area contributed by atoms with Gasteiger partial charge in [-0.2, -0.15) is 0 Å². The molecule has 0 radical (unpaired) electrons. The van der Waals surface area contributed by atoms with Crippen molar-refractivity contribution in [2.75, 3.05) is 6.54 Å². The maximum absolute atomic E-state index is 12.7. The van der Waals surface area contributed by atoms with E-state index in [0.29, 0.717) is 24.2 Å². The summed E-state index contributed by atoms with van der Waals surface area (Å²) in [5.41, 5.74) is 3.83. The molecule has 4 heterocycles. The maximum atomic E-state index is 12.7. The maximum Gasteiger partial charge on any atom is 0.256 e. The molecule has 0 aromatic carbocycles. The summed E-state index contributed by atoms with van der Waals surface area (Å²) in [6.07, 6.45) is 5.33. The van der Waals surface area contributed by atoms with Gasteiger partial charge in [0.15, 0.2) is 0 Å². The SMILES string of the molecule is C=C(C)C(=O)N1CCCC1c1ccc2c(n1)CN(Cc1cccnc1)C2=O. The Morgan fingerprint density at radius 2 is 2.19 bits per heavy atom. The summed E-state index contributed by atoms with van der Waals surface area (Å²) in [4.78, 5) is 37.6. The summed E-state index contributed by atoms with van der Waals surface area (Å²) < 4.78 is 0. The molecule has 0 bridgehead atoms. The van der Waals surface area contributed by atoms with Crippen LogP contribution < -0.4 is 0 Å². The van der Waals surface area contributed by atoms with E-state index in [4.69, 9.17) is 4.98 Å². The monoisotopic (exact) mass is 362 g/mol. The summed E-state index contributed by atoms with van der Waals surface area (Å²) in [5, 5.41) is 0. The van der Waals surface area contributed by atoms with Gasteiger partial charge >= 0.3 is 0 Å². The Morgan fingerprint density at radius 3 is 2.93 bits per heavy atom. The number of hydrogen-bond donors (Lipinski definition) is 0. The molecular formula is C21H22N4O2. The second-order valence-electron chi connectivity index (χ2n) is 7.19. The van der Waals surface area contributed by atoms with Gasteiger partial charge in [-0.1, -0.05) is 12.6 Å². The van der Waals surface area contributed by atoms with Crippen LogP contribution in [0.1, 0.15) is 53.1 Å². The van der Waals surface area contributed by atoms with Crippen LogP contribution in [0.5, 0.6) is 0 Å². The lowest BCUT2D eigenvalue weighted by Gasteiger charge is -2.24. The van der Waals surface area contributed by atoms with Crippen LogP contribution in [-0.4, -0.2) is 38.1 Å². The molecule has 2 amide bonds. The number of nitrogens with zero attached hydrogens (tertiary/aromatic N) is 4. The molecule has 1 saturated heterocycles. The van der Waals surface area contributed by atoms with Crippen molar-refractivity contribution in [1.29, 1.82) is 0 Å². The molecule has 2 aliphatic rings. The van der Waals surface area contributed by atoms with Gasteiger partial charge in [-0.05, 0) is 43.5 Å². The average molecular weight is 362 g/mol. The van der Waals surface area contributed by atoms with Crippen LogP contribution in [0.25, 0.3) is 0 Å². The second-order valence-corrected chi connectivity index (χ2v) is 7.19. The summed E-state index contributed by atoms with van der Waals surface area (Å²) in [7, 11) is 0. The normalized spacial score (nSPS) is 18.7. The van der Waals surface area contributed by atoms with Gasteiger partial charge in [-0.15, -0.1) is 0 Å². The van der Waals surface area contributed by atoms with E-state index in [1.807, 2.05) is 29.2 Å². The molecule has 0 saturated carbocycles. The molecule has 1 fully saturated rings. The fourth-order valence-corrected chi connectivity index (χ4v) is 3.84. The van der Waals surface area contributed by atoms with Gasteiger partial charge < -0.3 is 9.80 Å². The van der Waals surface area contributed by atoms with E-state index in [2.05, 4.69) is 11.6 Å². The quantitative estimate of drug-likeness (QED) is 0.785. The third-order valence-corrected chi connectivity index (χ3v) is 5.17. The largest absolute Gasteiger partial charge is 0.330 e. The first-order chi connectivity index (χ1) is 13.0. The van der Waals surface area contributed by atoms with Crippen molar-refractivity contribution in [2.24, 2.45) is 0 Å². The van der Waals surface area contributed by atoms with Crippen LogP contribution in [0.15, 0.2) is 48.8 Å². The third-order valence-electron chi connectivity index (χ3n) is 5.17. The molecule has 4 rings (SSSR count). The lowest BCUT2D eigenvalue weighted by Crippen LogP contribution is -2.31. The van der Waals surface area contributed by atoms with Crippen LogP contribution in [0, 0.1) is 0 Å². The van der Waals surface area contributed by atoms with Crippen LogP contribution in [0.2, 0.25) is 0 Å². The zero-order valence-corrected chi connectivity index (χ0v) is 15.4. The van der Waals surface area contributed by atoms with E-state index >= 15 is 0 Å². The highest BCUT2D eigenvalue weighted by Crippen LogP contribution is 2.33. The highest BCUT2D eigenvalue weighted by atomic mass is 16.2. The van der Waals surface area contributed by atoms with Crippen molar-refractivity contribution in [3.63, 3.8) is 0 Å². The first-order valence-corrected chi connectivity index (χ1v) is 9.19. The predicted molar refractivity (Wildman–Crippen MR) is 101 cm³/mol. The van der Waals surface area contributed by atoms with Crippen LogP contribution in [-0.2, 0) is 17.9 Å². The standard InChI is InChI=1S/C21H22N4O2/c1-14(2)20(26)25-10-4-6-19(25)17-8-7-16-18(23-17)13-24(21(16)27)12-15-5-3-9-22-11-15/h3,5,7-9,11,19H,1,4,6,10,12-13H2,2H3. The Labute approximate surface area is 158 Å². The molecule has 2 aliphatic heterocycles. The Hall–Kier alpha value is -3.02. The number of rotatable bonds is 4. The fraction of sp³-hybridized carbons (Fsp3) is 0.333. The molecule has 27 heavy (non-hydrogen) atoms. The Bertz CT molecular complexity index is 910. The molecule has 6 nitrogen and oxygen atoms in total. The molecule has 2 aromatic rings. The van der Waals surface area contributed by atoms with Crippen LogP contribution in [0.4, 0.5) is 0 Å². The first-order valence-electron chi connectivity index (χ1n) is 9.19. The lowest BCUT2D eigenvalue weighted by molar-refractivity contribution is -0.128. The highest BCUT2D eigenvalue weighted by Gasteiger charge is 2.34. The number of pyridine rings is 2. The molecule has 2 aromatic heterocycles. The summed E-state index contributed by atoms with van der Waals surface area (Å²) in [6.45, 7) is 7.24. The van der Waals surface area contributed by atoms with Gasteiger partial charge in [0, 0.05) is 31.1 Å². The number of likely N-dealkylation sites (tertiary alicyclic amines) is 1. The van der Waals surface area contributed by atoms with Gasteiger partial charge in [-0.25, -0.2) is 0 Å². The highest BCUT2D eigenvalue weighted by molar-refractivity contribution is 5.97. The lowest BCUT2D eigenvalue weighted by atomic mass is 10.1. The van der Waals surface area contributed by atoms with Gasteiger partial charge in [0.2, 0.25) is 5.91 Å². The number of fused-ring (bicyclic) bond motifs is 1.